The lowest BCUT2D eigenvalue weighted by molar-refractivity contribution is 0.460. The van der Waals surface area contributed by atoms with Crippen molar-refractivity contribution in [2.24, 2.45) is 11.3 Å². The third-order valence-corrected chi connectivity index (χ3v) is 5.53. The van der Waals surface area contributed by atoms with Crippen LogP contribution in [0.4, 0.5) is 0 Å². The lowest BCUT2D eigenvalue weighted by Gasteiger charge is -2.06. The van der Waals surface area contributed by atoms with E-state index in [2.05, 4.69) is 23.9 Å². The molecule has 0 saturated heterocycles. The molecular weight excluding hydrogens is 276 g/mol. The molecule has 0 radical (unpaired) electrons. The second-order valence-corrected chi connectivity index (χ2v) is 7.89. The predicted molar refractivity (Wildman–Crippen MR) is 77.9 cm³/mol. The SMILES string of the molecule is CCNCc1cc(S(=O)(=O)NCC2CC2(C)C)c(C)o1. The number of hydrogen-bond acceptors (Lipinski definition) is 4. The number of sulfonamides is 1. The van der Waals surface area contributed by atoms with E-state index in [9.17, 15) is 8.42 Å². The normalized spacial score (nSPS) is 21.1. The van der Waals surface area contributed by atoms with Crippen LogP contribution in [0.5, 0.6) is 0 Å². The zero-order valence-corrected chi connectivity index (χ0v) is 13.4. The van der Waals surface area contributed by atoms with E-state index in [-0.39, 0.29) is 10.3 Å². The molecule has 0 bridgehead atoms. The lowest BCUT2D eigenvalue weighted by atomic mass is 10.1. The fraction of sp³-hybridized carbons (Fsp3) is 0.714. The Morgan fingerprint density at radius 1 is 1.45 bits per heavy atom. The van der Waals surface area contributed by atoms with Gasteiger partial charge in [0.15, 0.2) is 0 Å². The van der Waals surface area contributed by atoms with Gasteiger partial charge < -0.3 is 9.73 Å². The van der Waals surface area contributed by atoms with Crippen molar-refractivity contribution in [1.82, 2.24) is 10.0 Å². The van der Waals surface area contributed by atoms with Gasteiger partial charge >= 0.3 is 0 Å². The molecular formula is C14H24N2O3S. The van der Waals surface area contributed by atoms with E-state index in [1.807, 2.05) is 6.92 Å². The minimum absolute atomic E-state index is 0.254. The van der Waals surface area contributed by atoms with E-state index < -0.39 is 10.0 Å². The number of aryl methyl sites for hydroxylation is 1. The van der Waals surface area contributed by atoms with Crippen molar-refractivity contribution in [1.29, 1.82) is 0 Å². The summed E-state index contributed by atoms with van der Waals surface area (Å²) in [5, 5.41) is 3.12. The monoisotopic (exact) mass is 300 g/mol. The van der Waals surface area contributed by atoms with Crippen molar-refractivity contribution in [3.05, 3.63) is 17.6 Å². The Hall–Kier alpha value is -0.850. The van der Waals surface area contributed by atoms with Crippen LogP contribution >= 0.6 is 0 Å². The standard InChI is InChI=1S/C14H24N2O3S/c1-5-15-9-12-6-13(10(2)19-12)20(17,18)16-8-11-7-14(11,3)4/h6,11,15-16H,5,7-9H2,1-4H3. The van der Waals surface area contributed by atoms with Crippen LogP contribution in [0.2, 0.25) is 0 Å². The zero-order chi connectivity index (χ0) is 15.0. The van der Waals surface area contributed by atoms with E-state index in [1.54, 1.807) is 13.0 Å². The van der Waals surface area contributed by atoms with Crippen LogP contribution in [0.1, 0.15) is 38.7 Å². The maximum Gasteiger partial charge on any atom is 0.244 e. The topological polar surface area (TPSA) is 71.3 Å². The molecule has 1 heterocycles. The van der Waals surface area contributed by atoms with Gasteiger partial charge in [-0.3, -0.25) is 0 Å². The van der Waals surface area contributed by atoms with E-state index in [4.69, 9.17) is 4.42 Å². The van der Waals surface area contributed by atoms with E-state index >= 15 is 0 Å². The largest absolute Gasteiger partial charge is 0.464 e. The Bertz CT molecular complexity index is 575. The van der Waals surface area contributed by atoms with Gasteiger partial charge in [0, 0.05) is 12.6 Å². The highest BCUT2D eigenvalue weighted by Crippen LogP contribution is 2.51. The molecule has 2 N–H and O–H groups in total. The van der Waals surface area contributed by atoms with Crippen molar-refractivity contribution in [2.75, 3.05) is 13.1 Å². The molecule has 5 nitrogen and oxygen atoms in total. The van der Waals surface area contributed by atoms with Gasteiger partial charge in [0.05, 0.1) is 6.54 Å². The maximum absolute atomic E-state index is 12.3. The first kappa shape index (κ1) is 15.5. The highest BCUT2D eigenvalue weighted by Gasteiger charge is 2.45. The second-order valence-electron chi connectivity index (χ2n) is 6.16. The molecule has 1 fully saturated rings. The molecule has 1 unspecified atom stereocenters. The molecule has 0 spiro atoms. The number of nitrogens with one attached hydrogen (secondary N) is 2. The van der Waals surface area contributed by atoms with Crippen LogP contribution in [0.25, 0.3) is 0 Å². The van der Waals surface area contributed by atoms with Gasteiger partial charge in [-0.2, -0.15) is 0 Å². The zero-order valence-electron chi connectivity index (χ0n) is 12.6. The molecule has 1 aliphatic carbocycles. The summed E-state index contributed by atoms with van der Waals surface area (Å²) in [6, 6.07) is 1.61. The van der Waals surface area contributed by atoms with Crippen LogP contribution in [-0.2, 0) is 16.6 Å². The second kappa shape index (κ2) is 5.50. The van der Waals surface area contributed by atoms with E-state index in [1.165, 1.54) is 0 Å². The van der Waals surface area contributed by atoms with Gasteiger partial charge in [-0.25, -0.2) is 13.1 Å². The van der Waals surface area contributed by atoms with Gasteiger partial charge in [0.2, 0.25) is 10.0 Å². The molecule has 0 aliphatic heterocycles. The third-order valence-electron chi connectivity index (χ3n) is 4.00. The average molecular weight is 300 g/mol. The van der Waals surface area contributed by atoms with Crippen molar-refractivity contribution in [3.8, 4) is 0 Å². The molecule has 114 valence electrons. The minimum atomic E-state index is -3.47. The summed E-state index contributed by atoms with van der Waals surface area (Å²) in [6.45, 7) is 9.85. The summed E-state index contributed by atoms with van der Waals surface area (Å²) in [6.07, 6.45) is 1.07. The van der Waals surface area contributed by atoms with Crippen molar-refractivity contribution in [2.45, 2.75) is 45.6 Å². The summed E-state index contributed by atoms with van der Waals surface area (Å²) < 4.78 is 32.8. The van der Waals surface area contributed by atoms with E-state index in [0.717, 1.165) is 13.0 Å². The lowest BCUT2D eigenvalue weighted by Crippen LogP contribution is -2.27. The van der Waals surface area contributed by atoms with Crippen molar-refractivity contribution >= 4 is 10.0 Å². The Balaban J connectivity index is 2.03. The molecule has 6 heteroatoms. The van der Waals surface area contributed by atoms with Crippen LogP contribution in [0.15, 0.2) is 15.4 Å². The third kappa shape index (κ3) is 3.42. The molecule has 0 aromatic carbocycles. The van der Waals surface area contributed by atoms with Crippen LogP contribution in [0, 0.1) is 18.3 Å². The molecule has 1 aromatic heterocycles. The van der Waals surface area contributed by atoms with Gasteiger partial charge in [0.1, 0.15) is 16.4 Å². The first-order valence-corrected chi connectivity index (χ1v) is 8.54. The van der Waals surface area contributed by atoms with E-state index in [0.29, 0.717) is 30.5 Å². The first-order chi connectivity index (χ1) is 9.26. The van der Waals surface area contributed by atoms with Crippen LogP contribution in [0.3, 0.4) is 0 Å². The Morgan fingerprint density at radius 3 is 2.65 bits per heavy atom. The van der Waals surface area contributed by atoms with Gasteiger partial charge in [-0.1, -0.05) is 20.8 Å². The molecule has 1 saturated carbocycles. The summed E-state index contributed by atoms with van der Waals surface area (Å²) in [5.74, 6) is 1.53. The summed E-state index contributed by atoms with van der Waals surface area (Å²) >= 11 is 0. The summed E-state index contributed by atoms with van der Waals surface area (Å²) in [4.78, 5) is 0.254. The summed E-state index contributed by atoms with van der Waals surface area (Å²) in [7, 11) is -3.47. The fourth-order valence-electron chi connectivity index (χ4n) is 2.34. The van der Waals surface area contributed by atoms with Gasteiger partial charge in [-0.05, 0) is 31.2 Å². The first-order valence-electron chi connectivity index (χ1n) is 7.06. The number of hydrogen-bond donors (Lipinski definition) is 2. The summed E-state index contributed by atoms with van der Waals surface area (Å²) in [5.41, 5.74) is 0.268. The maximum atomic E-state index is 12.3. The van der Waals surface area contributed by atoms with Crippen molar-refractivity contribution in [3.63, 3.8) is 0 Å². The molecule has 1 atom stereocenters. The van der Waals surface area contributed by atoms with Crippen LogP contribution < -0.4 is 10.0 Å². The highest BCUT2D eigenvalue weighted by molar-refractivity contribution is 7.89. The molecule has 0 amide bonds. The fourth-order valence-corrected chi connectivity index (χ4v) is 3.62. The average Bonchev–Trinajstić information content (AvgIpc) is 2.78. The molecule has 20 heavy (non-hydrogen) atoms. The Labute approximate surface area is 121 Å². The van der Waals surface area contributed by atoms with Gasteiger partial charge in [0.25, 0.3) is 0 Å². The molecule has 2 rings (SSSR count). The Kier molecular flexibility index (Phi) is 4.27. The smallest absolute Gasteiger partial charge is 0.244 e. The molecule has 1 aliphatic rings. The molecule has 1 aromatic rings. The predicted octanol–water partition coefficient (Wildman–Crippen LogP) is 2.02. The quantitative estimate of drug-likeness (QED) is 0.808. The van der Waals surface area contributed by atoms with Gasteiger partial charge in [-0.15, -0.1) is 0 Å². The van der Waals surface area contributed by atoms with Crippen molar-refractivity contribution < 1.29 is 12.8 Å². The van der Waals surface area contributed by atoms with Crippen LogP contribution in [-0.4, -0.2) is 21.5 Å². The number of furan rings is 1. The Morgan fingerprint density at radius 2 is 2.10 bits per heavy atom. The number of rotatable bonds is 7. The highest BCUT2D eigenvalue weighted by atomic mass is 32.2. The minimum Gasteiger partial charge on any atom is -0.464 e.